The van der Waals surface area contributed by atoms with Crippen LogP contribution in [0.5, 0.6) is 0 Å². The Balaban J connectivity index is 2.50. The van der Waals surface area contributed by atoms with E-state index >= 15 is 0 Å². The van der Waals surface area contributed by atoms with Gasteiger partial charge in [0.15, 0.2) is 11.4 Å². The van der Waals surface area contributed by atoms with Gasteiger partial charge in [0, 0.05) is 26.1 Å². The molecule has 0 radical (unpaired) electrons. The molecule has 0 saturated carbocycles. The van der Waals surface area contributed by atoms with Crippen molar-refractivity contribution in [2.24, 2.45) is 0 Å². The summed E-state index contributed by atoms with van der Waals surface area (Å²) in [6.07, 6.45) is 1.31. The van der Waals surface area contributed by atoms with Gasteiger partial charge in [-0.25, -0.2) is 9.78 Å². The molecular weight excluding hydrogens is 264 g/mol. The number of carbonyl (C=O) groups excluding carboxylic acids is 2. The van der Waals surface area contributed by atoms with Crippen molar-refractivity contribution in [3.63, 3.8) is 0 Å². The Kier molecular flexibility index (Phi) is 5.70. The molecule has 0 aromatic carbocycles. The van der Waals surface area contributed by atoms with Crippen molar-refractivity contribution in [2.45, 2.75) is 20.3 Å². The van der Waals surface area contributed by atoms with Gasteiger partial charge in [-0.05, 0) is 13.8 Å². The van der Waals surface area contributed by atoms with E-state index < -0.39 is 11.9 Å². The second-order valence-electron chi connectivity index (χ2n) is 4.00. The third-order valence-corrected chi connectivity index (χ3v) is 2.81. The van der Waals surface area contributed by atoms with E-state index in [2.05, 4.69) is 15.3 Å². The number of amides is 2. The van der Waals surface area contributed by atoms with Gasteiger partial charge in [-0.3, -0.25) is 9.59 Å². The molecule has 110 valence electrons. The molecule has 20 heavy (non-hydrogen) atoms. The lowest BCUT2D eigenvalue weighted by molar-refractivity contribution is -0.130. The molecule has 2 amide bonds. The third-order valence-electron chi connectivity index (χ3n) is 2.81. The van der Waals surface area contributed by atoms with Crippen molar-refractivity contribution in [1.82, 2.24) is 20.2 Å². The van der Waals surface area contributed by atoms with Gasteiger partial charge in [0.25, 0.3) is 5.91 Å². The van der Waals surface area contributed by atoms with Gasteiger partial charge in [0.1, 0.15) is 0 Å². The van der Waals surface area contributed by atoms with Gasteiger partial charge in [-0.15, -0.1) is 0 Å². The smallest absolute Gasteiger partial charge is 0.354 e. The molecule has 0 aliphatic carbocycles. The molecular formula is C12H18N4O4. The SMILES string of the molecule is CCN(CC)C(=O)CCNC(=O)c1nc[nH]c1C(=O)O. The van der Waals surface area contributed by atoms with E-state index in [1.54, 1.807) is 4.90 Å². The number of hydrogen-bond donors (Lipinski definition) is 3. The van der Waals surface area contributed by atoms with Crippen LogP contribution in [0.15, 0.2) is 6.33 Å². The normalized spacial score (nSPS) is 10.1. The molecule has 1 aromatic rings. The van der Waals surface area contributed by atoms with Crippen molar-refractivity contribution in [1.29, 1.82) is 0 Å². The largest absolute Gasteiger partial charge is 0.477 e. The van der Waals surface area contributed by atoms with Crippen LogP contribution in [-0.2, 0) is 4.79 Å². The fourth-order valence-electron chi connectivity index (χ4n) is 1.73. The maximum Gasteiger partial charge on any atom is 0.354 e. The Bertz CT molecular complexity index is 493. The number of aromatic nitrogens is 2. The standard InChI is InChI=1S/C12H18N4O4/c1-3-16(4-2)8(17)5-6-13-11(18)9-10(12(19)20)15-7-14-9/h7H,3-6H2,1-2H3,(H,13,18)(H,14,15)(H,19,20). The van der Waals surface area contributed by atoms with E-state index in [9.17, 15) is 14.4 Å². The Morgan fingerprint density at radius 3 is 2.55 bits per heavy atom. The van der Waals surface area contributed by atoms with Crippen LogP contribution in [0, 0.1) is 0 Å². The van der Waals surface area contributed by atoms with Crippen LogP contribution < -0.4 is 5.32 Å². The summed E-state index contributed by atoms with van der Waals surface area (Å²) in [4.78, 5) is 42.0. The highest BCUT2D eigenvalue weighted by Crippen LogP contribution is 2.02. The predicted molar refractivity (Wildman–Crippen MR) is 70.4 cm³/mol. The van der Waals surface area contributed by atoms with Crippen LogP contribution in [-0.4, -0.2) is 57.4 Å². The zero-order chi connectivity index (χ0) is 15.1. The van der Waals surface area contributed by atoms with E-state index in [1.165, 1.54) is 0 Å². The quantitative estimate of drug-likeness (QED) is 0.656. The van der Waals surface area contributed by atoms with Gasteiger partial charge in [0.05, 0.1) is 6.33 Å². The molecule has 0 saturated heterocycles. The van der Waals surface area contributed by atoms with Crippen molar-refractivity contribution in [3.05, 3.63) is 17.7 Å². The van der Waals surface area contributed by atoms with Crippen molar-refractivity contribution >= 4 is 17.8 Å². The number of carbonyl (C=O) groups is 3. The highest BCUT2D eigenvalue weighted by Gasteiger charge is 2.19. The number of aromatic amines is 1. The molecule has 1 heterocycles. The number of nitrogens with zero attached hydrogens (tertiary/aromatic N) is 2. The molecule has 0 bridgehead atoms. The Morgan fingerprint density at radius 1 is 1.35 bits per heavy atom. The molecule has 3 N–H and O–H groups in total. The maximum atomic E-state index is 11.7. The lowest BCUT2D eigenvalue weighted by Gasteiger charge is -2.18. The number of H-pyrrole nitrogens is 1. The van der Waals surface area contributed by atoms with Crippen LogP contribution >= 0.6 is 0 Å². The minimum Gasteiger partial charge on any atom is -0.477 e. The highest BCUT2D eigenvalue weighted by atomic mass is 16.4. The summed E-state index contributed by atoms with van der Waals surface area (Å²) < 4.78 is 0. The summed E-state index contributed by atoms with van der Waals surface area (Å²) in [7, 11) is 0. The van der Waals surface area contributed by atoms with Crippen LogP contribution in [0.25, 0.3) is 0 Å². The summed E-state index contributed by atoms with van der Waals surface area (Å²) in [5.74, 6) is -1.93. The van der Waals surface area contributed by atoms with E-state index in [0.29, 0.717) is 13.1 Å². The number of rotatable bonds is 7. The maximum absolute atomic E-state index is 11.7. The summed E-state index contributed by atoms with van der Waals surface area (Å²) >= 11 is 0. The summed E-state index contributed by atoms with van der Waals surface area (Å²) in [6, 6.07) is 0. The molecule has 8 heteroatoms. The number of hydrogen-bond acceptors (Lipinski definition) is 4. The van der Waals surface area contributed by atoms with Crippen molar-refractivity contribution in [2.75, 3.05) is 19.6 Å². The topological polar surface area (TPSA) is 115 Å². The van der Waals surface area contributed by atoms with Gasteiger partial charge >= 0.3 is 5.97 Å². The van der Waals surface area contributed by atoms with Crippen molar-refractivity contribution in [3.8, 4) is 0 Å². The average Bonchev–Trinajstić information content (AvgIpc) is 2.89. The minimum atomic E-state index is -1.26. The van der Waals surface area contributed by atoms with Gasteiger partial charge in [-0.1, -0.05) is 0 Å². The molecule has 0 aliphatic heterocycles. The van der Waals surface area contributed by atoms with Gasteiger partial charge < -0.3 is 20.3 Å². The fourth-order valence-corrected chi connectivity index (χ4v) is 1.73. The third kappa shape index (κ3) is 3.81. The lowest BCUT2D eigenvalue weighted by atomic mass is 10.3. The zero-order valence-corrected chi connectivity index (χ0v) is 11.5. The molecule has 0 atom stereocenters. The fraction of sp³-hybridized carbons (Fsp3) is 0.500. The predicted octanol–water partition coefficient (Wildman–Crippen LogP) is 0.0962. The lowest BCUT2D eigenvalue weighted by Crippen LogP contribution is -2.34. The first-order valence-corrected chi connectivity index (χ1v) is 6.33. The second kappa shape index (κ2) is 7.27. The molecule has 8 nitrogen and oxygen atoms in total. The highest BCUT2D eigenvalue weighted by molar-refractivity contribution is 6.02. The van der Waals surface area contributed by atoms with Crippen molar-refractivity contribution < 1.29 is 19.5 Å². The molecule has 0 spiro atoms. The number of aromatic carboxylic acids is 1. The first-order valence-electron chi connectivity index (χ1n) is 6.33. The number of carboxylic acid groups (broad SMARTS) is 1. The number of nitrogens with one attached hydrogen (secondary N) is 2. The van der Waals surface area contributed by atoms with Gasteiger partial charge in [-0.2, -0.15) is 0 Å². The first kappa shape index (κ1) is 15.7. The molecule has 0 unspecified atom stereocenters. The van der Waals surface area contributed by atoms with E-state index in [0.717, 1.165) is 6.33 Å². The summed E-state index contributed by atoms with van der Waals surface area (Å²) in [5.41, 5.74) is -0.453. The molecule has 0 fully saturated rings. The Morgan fingerprint density at radius 2 is 2.00 bits per heavy atom. The second-order valence-corrected chi connectivity index (χ2v) is 4.00. The van der Waals surface area contributed by atoms with Gasteiger partial charge in [0.2, 0.25) is 5.91 Å². The van der Waals surface area contributed by atoms with Crippen LogP contribution in [0.4, 0.5) is 0 Å². The molecule has 1 rings (SSSR count). The van der Waals surface area contributed by atoms with E-state index in [1.807, 2.05) is 13.8 Å². The monoisotopic (exact) mass is 282 g/mol. The van der Waals surface area contributed by atoms with Crippen LogP contribution in [0.2, 0.25) is 0 Å². The molecule has 0 aliphatic rings. The summed E-state index contributed by atoms with van der Waals surface area (Å²) in [5, 5.41) is 11.3. The Hall–Kier alpha value is -2.38. The minimum absolute atomic E-state index is 0.0595. The average molecular weight is 282 g/mol. The van der Waals surface area contributed by atoms with Crippen LogP contribution in [0.3, 0.4) is 0 Å². The Labute approximate surface area is 116 Å². The van der Waals surface area contributed by atoms with E-state index in [-0.39, 0.29) is 30.3 Å². The molecule has 1 aromatic heterocycles. The van der Waals surface area contributed by atoms with Crippen LogP contribution in [0.1, 0.15) is 41.2 Å². The summed E-state index contributed by atoms with van der Waals surface area (Å²) in [6.45, 7) is 5.13. The number of carboxylic acids is 1. The number of imidazole rings is 1. The first-order chi connectivity index (χ1) is 9.51. The van der Waals surface area contributed by atoms with E-state index in [4.69, 9.17) is 5.11 Å². The zero-order valence-electron chi connectivity index (χ0n) is 11.5.